The molecule has 2 amide bonds. The van der Waals surface area contributed by atoms with Gasteiger partial charge in [0.15, 0.2) is 0 Å². The number of nitrogens with zero attached hydrogens (tertiary/aromatic N) is 2. The van der Waals surface area contributed by atoms with Crippen LogP contribution in [-0.4, -0.2) is 41.6 Å². The second-order valence-electron chi connectivity index (χ2n) is 6.49. The van der Waals surface area contributed by atoms with Crippen LogP contribution in [0.1, 0.15) is 24.8 Å². The Morgan fingerprint density at radius 3 is 2.72 bits per heavy atom. The van der Waals surface area contributed by atoms with E-state index in [0.29, 0.717) is 12.6 Å². The van der Waals surface area contributed by atoms with E-state index in [9.17, 15) is 4.79 Å². The van der Waals surface area contributed by atoms with Crippen molar-refractivity contribution in [3.63, 3.8) is 0 Å². The quantitative estimate of drug-likeness (QED) is 0.850. The number of aromatic nitrogens is 1. The maximum atomic E-state index is 12.1. The molecule has 1 aromatic heterocycles. The zero-order chi connectivity index (χ0) is 17.3. The third-order valence-electron chi connectivity index (χ3n) is 4.72. The number of piperidine rings is 1. The molecule has 0 bridgehead atoms. The van der Waals surface area contributed by atoms with Gasteiger partial charge in [-0.05, 0) is 55.6 Å². The Bertz CT molecular complexity index is 647. The fraction of sp³-hybridized carbons (Fsp3) is 0.400. The SMILES string of the molecule is O=C(NCC1CCCCN1CCc1ccncc1)Nc1ccccc1. The Morgan fingerprint density at radius 2 is 1.92 bits per heavy atom. The highest BCUT2D eigenvalue weighted by atomic mass is 16.2. The van der Waals surface area contributed by atoms with Gasteiger partial charge in [0.05, 0.1) is 0 Å². The van der Waals surface area contributed by atoms with Gasteiger partial charge in [-0.2, -0.15) is 0 Å². The van der Waals surface area contributed by atoms with Gasteiger partial charge in [-0.1, -0.05) is 24.6 Å². The summed E-state index contributed by atoms with van der Waals surface area (Å²) >= 11 is 0. The van der Waals surface area contributed by atoms with Gasteiger partial charge in [0.25, 0.3) is 0 Å². The van der Waals surface area contributed by atoms with Gasteiger partial charge >= 0.3 is 6.03 Å². The lowest BCUT2D eigenvalue weighted by Gasteiger charge is -2.35. The number of amides is 2. The van der Waals surface area contributed by atoms with Crippen molar-refractivity contribution in [3.05, 3.63) is 60.4 Å². The Morgan fingerprint density at radius 1 is 1.12 bits per heavy atom. The van der Waals surface area contributed by atoms with Gasteiger partial charge in [0, 0.05) is 37.2 Å². The Balaban J connectivity index is 1.46. The maximum absolute atomic E-state index is 12.1. The number of nitrogens with one attached hydrogen (secondary N) is 2. The summed E-state index contributed by atoms with van der Waals surface area (Å²) < 4.78 is 0. The Labute approximate surface area is 149 Å². The van der Waals surface area contributed by atoms with Crippen LogP contribution in [-0.2, 0) is 6.42 Å². The molecular weight excluding hydrogens is 312 g/mol. The molecule has 0 aliphatic carbocycles. The topological polar surface area (TPSA) is 57.3 Å². The smallest absolute Gasteiger partial charge is 0.319 e. The van der Waals surface area contributed by atoms with Gasteiger partial charge in [0.2, 0.25) is 0 Å². The standard InChI is InChI=1S/C20H26N4O/c25-20(23-18-6-2-1-3-7-18)22-16-19-8-4-5-14-24(19)15-11-17-9-12-21-13-10-17/h1-3,6-7,9-10,12-13,19H,4-5,8,11,14-16H2,(H2,22,23,25). The fourth-order valence-electron chi connectivity index (χ4n) is 3.31. The lowest BCUT2D eigenvalue weighted by molar-refractivity contribution is 0.148. The highest BCUT2D eigenvalue weighted by Gasteiger charge is 2.22. The Hall–Kier alpha value is -2.40. The predicted molar refractivity (Wildman–Crippen MR) is 101 cm³/mol. The zero-order valence-corrected chi connectivity index (χ0v) is 14.5. The first kappa shape index (κ1) is 17.4. The molecule has 1 aromatic carbocycles. The van der Waals surface area contributed by atoms with Crippen LogP contribution in [0.2, 0.25) is 0 Å². The second kappa shape index (κ2) is 9.18. The minimum Gasteiger partial charge on any atom is -0.336 e. The molecule has 5 heteroatoms. The molecule has 0 spiro atoms. The number of benzene rings is 1. The van der Waals surface area contributed by atoms with E-state index >= 15 is 0 Å². The first-order valence-corrected chi connectivity index (χ1v) is 9.04. The summed E-state index contributed by atoms with van der Waals surface area (Å²) in [5.74, 6) is 0. The monoisotopic (exact) mass is 338 g/mol. The van der Waals surface area contributed by atoms with Crippen LogP contribution < -0.4 is 10.6 Å². The van der Waals surface area contributed by atoms with E-state index in [2.05, 4.69) is 32.7 Å². The summed E-state index contributed by atoms with van der Waals surface area (Å²) in [5, 5.41) is 5.91. The summed E-state index contributed by atoms with van der Waals surface area (Å²) in [6.07, 6.45) is 8.33. The summed E-state index contributed by atoms with van der Waals surface area (Å²) in [5.41, 5.74) is 2.13. The minimum absolute atomic E-state index is 0.133. The van der Waals surface area contributed by atoms with Gasteiger partial charge in [0.1, 0.15) is 0 Å². The number of rotatable bonds is 6. The van der Waals surface area contributed by atoms with Gasteiger partial charge in [-0.3, -0.25) is 9.88 Å². The summed E-state index contributed by atoms with van der Waals surface area (Å²) in [7, 11) is 0. The predicted octanol–water partition coefficient (Wildman–Crippen LogP) is 3.30. The third-order valence-corrected chi connectivity index (χ3v) is 4.72. The Kier molecular flexibility index (Phi) is 6.40. The van der Waals surface area contributed by atoms with Crippen molar-refractivity contribution in [2.75, 3.05) is 25.0 Å². The molecule has 2 N–H and O–H groups in total. The number of likely N-dealkylation sites (tertiary alicyclic amines) is 1. The number of hydrogen-bond acceptors (Lipinski definition) is 3. The van der Waals surface area contributed by atoms with Crippen LogP contribution in [0.5, 0.6) is 0 Å². The second-order valence-corrected chi connectivity index (χ2v) is 6.49. The normalized spacial score (nSPS) is 17.8. The van der Waals surface area contributed by atoms with Crippen molar-refractivity contribution in [3.8, 4) is 0 Å². The van der Waals surface area contributed by atoms with Crippen LogP contribution in [0.4, 0.5) is 10.5 Å². The van der Waals surface area contributed by atoms with Crippen molar-refractivity contribution < 1.29 is 4.79 Å². The van der Waals surface area contributed by atoms with E-state index in [4.69, 9.17) is 0 Å². The fourth-order valence-corrected chi connectivity index (χ4v) is 3.31. The molecule has 1 unspecified atom stereocenters. The molecule has 1 aliphatic heterocycles. The molecule has 132 valence electrons. The van der Waals surface area contributed by atoms with Crippen molar-refractivity contribution in [1.82, 2.24) is 15.2 Å². The largest absolute Gasteiger partial charge is 0.336 e. The number of para-hydroxylation sites is 1. The van der Waals surface area contributed by atoms with Crippen molar-refractivity contribution >= 4 is 11.7 Å². The molecule has 1 aliphatic rings. The molecule has 5 nitrogen and oxygen atoms in total. The van der Waals surface area contributed by atoms with E-state index < -0.39 is 0 Å². The summed E-state index contributed by atoms with van der Waals surface area (Å²) in [4.78, 5) is 18.7. The van der Waals surface area contributed by atoms with E-state index in [0.717, 1.165) is 31.6 Å². The minimum atomic E-state index is -0.133. The first-order valence-electron chi connectivity index (χ1n) is 9.04. The number of carbonyl (C=O) groups is 1. The molecule has 2 heterocycles. The molecule has 0 saturated carbocycles. The number of pyridine rings is 1. The van der Waals surface area contributed by atoms with Gasteiger partial charge in [-0.15, -0.1) is 0 Å². The van der Waals surface area contributed by atoms with Crippen LogP contribution in [0.15, 0.2) is 54.9 Å². The summed E-state index contributed by atoms with van der Waals surface area (Å²) in [6, 6.07) is 14.0. The average Bonchev–Trinajstić information content (AvgIpc) is 2.67. The molecule has 0 radical (unpaired) electrons. The van der Waals surface area contributed by atoms with Gasteiger partial charge in [-0.25, -0.2) is 4.79 Å². The van der Waals surface area contributed by atoms with Crippen molar-refractivity contribution in [2.45, 2.75) is 31.7 Å². The van der Waals surface area contributed by atoms with Crippen LogP contribution in [0.25, 0.3) is 0 Å². The average molecular weight is 338 g/mol. The molecule has 3 rings (SSSR count). The van der Waals surface area contributed by atoms with Crippen LogP contribution in [0, 0.1) is 0 Å². The van der Waals surface area contributed by atoms with E-state index in [1.54, 1.807) is 0 Å². The maximum Gasteiger partial charge on any atom is 0.319 e. The number of carbonyl (C=O) groups excluding carboxylic acids is 1. The zero-order valence-electron chi connectivity index (χ0n) is 14.5. The summed E-state index contributed by atoms with van der Waals surface area (Å²) in [6.45, 7) is 2.82. The number of anilines is 1. The third kappa shape index (κ3) is 5.57. The highest BCUT2D eigenvalue weighted by molar-refractivity contribution is 5.89. The van der Waals surface area contributed by atoms with Crippen molar-refractivity contribution in [1.29, 1.82) is 0 Å². The van der Waals surface area contributed by atoms with Crippen molar-refractivity contribution in [2.24, 2.45) is 0 Å². The molecule has 2 aromatic rings. The van der Waals surface area contributed by atoms with E-state index in [1.807, 2.05) is 42.7 Å². The lowest BCUT2D eigenvalue weighted by Crippen LogP contribution is -2.48. The van der Waals surface area contributed by atoms with Crippen LogP contribution >= 0.6 is 0 Å². The number of urea groups is 1. The molecule has 1 atom stereocenters. The van der Waals surface area contributed by atoms with Crippen LogP contribution in [0.3, 0.4) is 0 Å². The lowest BCUT2D eigenvalue weighted by atomic mass is 10.0. The molecule has 25 heavy (non-hydrogen) atoms. The van der Waals surface area contributed by atoms with Gasteiger partial charge < -0.3 is 10.6 Å². The highest BCUT2D eigenvalue weighted by Crippen LogP contribution is 2.17. The molecular formula is C20H26N4O. The molecule has 1 saturated heterocycles. The van der Waals surface area contributed by atoms with E-state index in [1.165, 1.54) is 18.4 Å². The first-order chi connectivity index (χ1) is 12.3. The number of hydrogen-bond donors (Lipinski definition) is 2. The van der Waals surface area contributed by atoms with E-state index in [-0.39, 0.29) is 6.03 Å². The molecule has 1 fully saturated rings.